The number of hydrogen-bond acceptors (Lipinski definition) is 3. The van der Waals surface area contributed by atoms with Gasteiger partial charge in [0.25, 0.3) is 0 Å². The number of nitrogens with one attached hydrogen (secondary N) is 1. The molecule has 3 heteroatoms. The Hall–Kier alpha value is -0.590. The zero-order valence-corrected chi connectivity index (χ0v) is 11.0. The minimum atomic E-state index is 0.364. The molecule has 0 spiro atoms. The minimum absolute atomic E-state index is 0.364. The molecule has 0 aromatic heterocycles. The lowest BCUT2D eigenvalue weighted by atomic mass is 10.0. The summed E-state index contributed by atoms with van der Waals surface area (Å²) in [4.78, 5) is 2.59. The summed E-state index contributed by atoms with van der Waals surface area (Å²) in [6.07, 6.45) is 7.15. The maximum absolute atomic E-state index is 8.89. The van der Waals surface area contributed by atoms with Gasteiger partial charge in [-0.15, -0.1) is 0 Å². The Morgan fingerprint density at radius 3 is 2.82 bits per heavy atom. The summed E-state index contributed by atoms with van der Waals surface area (Å²) in [7, 11) is 0. The summed E-state index contributed by atoms with van der Waals surface area (Å²) >= 11 is 0. The molecule has 1 unspecified atom stereocenters. The molecule has 1 aliphatic carbocycles. The summed E-state index contributed by atoms with van der Waals surface area (Å²) in [5.41, 5.74) is 0.364. The van der Waals surface area contributed by atoms with Gasteiger partial charge < -0.3 is 10.2 Å². The van der Waals surface area contributed by atoms with Gasteiger partial charge in [-0.25, -0.2) is 0 Å². The Labute approximate surface area is 105 Å². The van der Waals surface area contributed by atoms with Crippen molar-refractivity contribution < 1.29 is 0 Å². The SMILES string of the molecule is CCCN(CC1CCCN1)CC1(CC#N)CC1. The van der Waals surface area contributed by atoms with Crippen molar-refractivity contribution in [1.29, 1.82) is 5.26 Å². The summed E-state index contributed by atoms with van der Waals surface area (Å²) in [6, 6.07) is 3.06. The van der Waals surface area contributed by atoms with Crippen LogP contribution in [-0.2, 0) is 0 Å². The van der Waals surface area contributed by atoms with Crippen LogP contribution in [0.1, 0.15) is 45.4 Å². The second-order valence-electron chi connectivity index (χ2n) is 5.86. The predicted octanol–water partition coefficient (Wildman–Crippen LogP) is 2.14. The van der Waals surface area contributed by atoms with Crippen LogP contribution in [0.15, 0.2) is 0 Å². The molecule has 2 rings (SSSR count). The summed E-state index contributed by atoms with van der Waals surface area (Å²) in [5, 5.41) is 12.5. The molecule has 17 heavy (non-hydrogen) atoms. The molecule has 3 nitrogen and oxygen atoms in total. The first kappa shape index (κ1) is 12.9. The number of hydrogen-bond donors (Lipinski definition) is 1. The van der Waals surface area contributed by atoms with E-state index < -0.39 is 0 Å². The maximum atomic E-state index is 8.89. The lowest BCUT2D eigenvalue weighted by molar-refractivity contribution is 0.204. The quantitative estimate of drug-likeness (QED) is 0.735. The highest BCUT2D eigenvalue weighted by molar-refractivity contribution is 5.01. The van der Waals surface area contributed by atoms with Gasteiger partial charge in [0.05, 0.1) is 6.07 Å². The molecule has 1 saturated carbocycles. The second kappa shape index (κ2) is 5.84. The summed E-state index contributed by atoms with van der Waals surface area (Å²) in [6.45, 7) is 6.95. The molecule has 0 aromatic carbocycles. The molecule has 1 heterocycles. The second-order valence-corrected chi connectivity index (χ2v) is 5.86. The van der Waals surface area contributed by atoms with Crippen molar-refractivity contribution in [2.24, 2.45) is 5.41 Å². The van der Waals surface area contributed by atoms with Gasteiger partial charge >= 0.3 is 0 Å². The third-order valence-corrected chi connectivity index (χ3v) is 4.15. The minimum Gasteiger partial charge on any atom is -0.313 e. The van der Waals surface area contributed by atoms with Crippen LogP contribution >= 0.6 is 0 Å². The molecular weight excluding hydrogens is 210 g/mol. The topological polar surface area (TPSA) is 39.1 Å². The molecule has 0 radical (unpaired) electrons. The fraction of sp³-hybridized carbons (Fsp3) is 0.929. The highest BCUT2D eigenvalue weighted by Crippen LogP contribution is 2.49. The van der Waals surface area contributed by atoms with Crippen molar-refractivity contribution in [3.63, 3.8) is 0 Å². The largest absolute Gasteiger partial charge is 0.313 e. The lowest BCUT2D eigenvalue weighted by Gasteiger charge is -2.28. The Balaban J connectivity index is 1.81. The summed E-state index contributed by atoms with van der Waals surface area (Å²) < 4.78 is 0. The van der Waals surface area contributed by atoms with Crippen molar-refractivity contribution in [3.8, 4) is 6.07 Å². The van der Waals surface area contributed by atoms with Gasteiger partial charge in [-0.3, -0.25) is 0 Å². The Morgan fingerprint density at radius 2 is 2.29 bits per heavy atom. The molecule has 96 valence electrons. The molecular formula is C14H25N3. The van der Waals surface area contributed by atoms with Crippen LogP contribution in [0.2, 0.25) is 0 Å². The third kappa shape index (κ3) is 3.69. The van der Waals surface area contributed by atoms with E-state index in [0.717, 1.165) is 13.0 Å². The first-order valence-electron chi connectivity index (χ1n) is 7.11. The summed E-state index contributed by atoms with van der Waals surface area (Å²) in [5.74, 6) is 0. The Morgan fingerprint density at radius 1 is 1.47 bits per heavy atom. The zero-order chi connectivity index (χ0) is 12.1. The van der Waals surface area contributed by atoms with Crippen molar-refractivity contribution in [3.05, 3.63) is 0 Å². The van der Waals surface area contributed by atoms with E-state index >= 15 is 0 Å². The van der Waals surface area contributed by atoms with Gasteiger partial charge in [-0.1, -0.05) is 6.92 Å². The van der Waals surface area contributed by atoms with E-state index in [4.69, 9.17) is 5.26 Å². The van der Waals surface area contributed by atoms with Crippen molar-refractivity contribution in [2.75, 3.05) is 26.2 Å². The van der Waals surface area contributed by atoms with Crippen molar-refractivity contribution >= 4 is 0 Å². The van der Waals surface area contributed by atoms with E-state index in [9.17, 15) is 0 Å². The first-order valence-corrected chi connectivity index (χ1v) is 7.11. The van der Waals surface area contributed by atoms with Crippen molar-refractivity contribution in [2.45, 2.75) is 51.5 Å². The number of nitrogens with zero attached hydrogens (tertiary/aromatic N) is 2. The van der Waals surface area contributed by atoms with Crippen LogP contribution in [0.4, 0.5) is 0 Å². The molecule has 1 N–H and O–H groups in total. The van der Waals surface area contributed by atoms with E-state index in [-0.39, 0.29) is 0 Å². The predicted molar refractivity (Wildman–Crippen MR) is 69.7 cm³/mol. The molecule has 2 aliphatic rings. The van der Waals surface area contributed by atoms with E-state index in [1.807, 2.05) is 0 Å². The average molecular weight is 235 g/mol. The lowest BCUT2D eigenvalue weighted by Crippen LogP contribution is -2.40. The van der Waals surface area contributed by atoms with Gasteiger partial charge in [0, 0.05) is 25.6 Å². The van der Waals surface area contributed by atoms with Crippen LogP contribution in [-0.4, -0.2) is 37.1 Å². The fourth-order valence-electron chi connectivity index (χ4n) is 2.98. The molecule has 1 saturated heterocycles. The standard InChI is InChI=1S/C14H25N3/c1-2-10-17(11-13-4-3-9-16-13)12-14(5-6-14)7-8-15/h13,16H,2-7,9-12H2,1H3. The Kier molecular flexibility index (Phi) is 4.42. The fourth-order valence-corrected chi connectivity index (χ4v) is 2.98. The molecule has 1 atom stereocenters. The molecule has 0 amide bonds. The van der Waals surface area contributed by atoms with E-state index in [1.54, 1.807) is 0 Å². The Bertz CT molecular complexity index is 272. The van der Waals surface area contributed by atoms with Crippen LogP contribution in [0, 0.1) is 16.7 Å². The van der Waals surface area contributed by atoms with Crippen LogP contribution in [0.3, 0.4) is 0 Å². The van der Waals surface area contributed by atoms with Crippen LogP contribution in [0.25, 0.3) is 0 Å². The first-order chi connectivity index (χ1) is 8.28. The van der Waals surface area contributed by atoms with Crippen LogP contribution < -0.4 is 5.32 Å². The van der Waals surface area contributed by atoms with Gasteiger partial charge in [0.1, 0.15) is 0 Å². The molecule has 2 fully saturated rings. The van der Waals surface area contributed by atoms with E-state index in [0.29, 0.717) is 11.5 Å². The number of rotatable bonds is 7. The highest BCUT2D eigenvalue weighted by Gasteiger charge is 2.43. The smallest absolute Gasteiger partial charge is 0.0628 e. The van der Waals surface area contributed by atoms with Gasteiger partial charge in [-0.2, -0.15) is 5.26 Å². The number of nitriles is 1. The van der Waals surface area contributed by atoms with E-state index in [1.165, 1.54) is 51.7 Å². The highest BCUT2D eigenvalue weighted by atomic mass is 15.2. The molecule has 0 bridgehead atoms. The average Bonchev–Trinajstić information content (AvgIpc) is 2.86. The van der Waals surface area contributed by atoms with Crippen molar-refractivity contribution in [1.82, 2.24) is 10.2 Å². The maximum Gasteiger partial charge on any atom is 0.0628 e. The van der Waals surface area contributed by atoms with Gasteiger partial charge in [-0.05, 0) is 50.6 Å². The molecule has 0 aromatic rings. The van der Waals surface area contributed by atoms with Crippen LogP contribution in [0.5, 0.6) is 0 Å². The normalized spacial score (nSPS) is 26.1. The molecule has 1 aliphatic heterocycles. The third-order valence-electron chi connectivity index (χ3n) is 4.15. The van der Waals surface area contributed by atoms with E-state index in [2.05, 4.69) is 23.2 Å². The van der Waals surface area contributed by atoms with Gasteiger partial charge in [0.2, 0.25) is 0 Å². The van der Waals surface area contributed by atoms with Gasteiger partial charge in [0.15, 0.2) is 0 Å². The zero-order valence-electron chi connectivity index (χ0n) is 11.0. The monoisotopic (exact) mass is 235 g/mol.